The summed E-state index contributed by atoms with van der Waals surface area (Å²) in [5.74, 6) is -0.324. The number of benzene rings is 1. The van der Waals surface area contributed by atoms with Gasteiger partial charge in [-0.1, -0.05) is 30.8 Å². The SMILES string of the molecule is C=CC(=O)N(CCS(C)(=O)=O)Cc1ccc(-c2ccsc2)cc1. The number of sulfone groups is 1. The summed E-state index contributed by atoms with van der Waals surface area (Å²) < 4.78 is 22.6. The number of hydrogen-bond donors (Lipinski definition) is 0. The molecule has 1 heterocycles. The van der Waals surface area contributed by atoms with Crippen LogP contribution in [0.1, 0.15) is 5.56 Å². The van der Waals surface area contributed by atoms with Gasteiger partial charge in [-0.3, -0.25) is 4.79 Å². The van der Waals surface area contributed by atoms with E-state index in [1.807, 2.05) is 29.6 Å². The van der Waals surface area contributed by atoms with E-state index in [0.29, 0.717) is 6.54 Å². The molecule has 1 aromatic heterocycles. The van der Waals surface area contributed by atoms with Gasteiger partial charge in [-0.05, 0) is 39.6 Å². The highest BCUT2D eigenvalue weighted by Crippen LogP contribution is 2.22. The smallest absolute Gasteiger partial charge is 0.246 e. The molecule has 0 aliphatic rings. The Morgan fingerprint density at radius 2 is 1.91 bits per heavy atom. The predicted octanol–water partition coefficient (Wildman–Crippen LogP) is 2.97. The second-order valence-electron chi connectivity index (χ2n) is 5.30. The Morgan fingerprint density at radius 1 is 1.22 bits per heavy atom. The second-order valence-corrected chi connectivity index (χ2v) is 8.34. The minimum absolute atomic E-state index is 0.0560. The molecule has 0 bridgehead atoms. The fourth-order valence-electron chi connectivity index (χ4n) is 2.12. The molecule has 0 atom stereocenters. The average molecular weight is 349 g/mol. The van der Waals surface area contributed by atoms with Crippen molar-refractivity contribution in [2.75, 3.05) is 18.6 Å². The lowest BCUT2D eigenvalue weighted by Crippen LogP contribution is -2.33. The van der Waals surface area contributed by atoms with Crippen LogP contribution in [0, 0.1) is 0 Å². The summed E-state index contributed by atoms with van der Waals surface area (Å²) in [6, 6.07) is 9.97. The maximum absolute atomic E-state index is 11.9. The molecule has 0 fully saturated rings. The number of carbonyl (C=O) groups excluding carboxylic acids is 1. The number of rotatable bonds is 7. The molecule has 0 spiro atoms. The van der Waals surface area contributed by atoms with Crippen molar-refractivity contribution < 1.29 is 13.2 Å². The molecule has 0 aliphatic heterocycles. The summed E-state index contributed by atoms with van der Waals surface area (Å²) >= 11 is 1.64. The Balaban J connectivity index is 2.09. The van der Waals surface area contributed by atoms with Crippen molar-refractivity contribution in [2.24, 2.45) is 0 Å². The first-order chi connectivity index (χ1) is 10.9. The van der Waals surface area contributed by atoms with Gasteiger partial charge in [0.1, 0.15) is 9.84 Å². The molecule has 1 aromatic carbocycles. The van der Waals surface area contributed by atoms with Crippen molar-refractivity contribution in [1.82, 2.24) is 4.90 Å². The predicted molar refractivity (Wildman–Crippen MR) is 95.1 cm³/mol. The van der Waals surface area contributed by atoms with E-state index in [2.05, 4.69) is 18.0 Å². The Morgan fingerprint density at radius 3 is 2.43 bits per heavy atom. The van der Waals surface area contributed by atoms with Gasteiger partial charge in [-0.25, -0.2) is 8.42 Å². The highest BCUT2D eigenvalue weighted by Gasteiger charge is 2.14. The van der Waals surface area contributed by atoms with Gasteiger partial charge < -0.3 is 4.90 Å². The van der Waals surface area contributed by atoms with Crippen LogP contribution in [-0.4, -0.2) is 37.8 Å². The first-order valence-electron chi connectivity index (χ1n) is 7.09. The van der Waals surface area contributed by atoms with E-state index in [9.17, 15) is 13.2 Å². The van der Waals surface area contributed by atoms with Crippen LogP contribution >= 0.6 is 11.3 Å². The minimum atomic E-state index is -3.12. The summed E-state index contributed by atoms with van der Waals surface area (Å²) in [5.41, 5.74) is 3.23. The number of carbonyl (C=O) groups is 1. The maximum Gasteiger partial charge on any atom is 0.246 e. The molecule has 1 amide bonds. The summed E-state index contributed by atoms with van der Waals surface area (Å²) in [7, 11) is -3.12. The van der Waals surface area contributed by atoms with Crippen molar-refractivity contribution in [2.45, 2.75) is 6.54 Å². The van der Waals surface area contributed by atoms with Crippen molar-refractivity contribution >= 4 is 27.1 Å². The molecule has 0 aliphatic carbocycles. The lowest BCUT2D eigenvalue weighted by Gasteiger charge is -2.21. The monoisotopic (exact) mass is 349 g/mol. The van der Waals surface area contributed by atoms with E-state index in [1.165, 1.54) is 17.2 Å². The zero-order valence-electron chi connectivity index (χ0n) is 12.9. The van der Waals surface area contributed by atoms with Gasteiger partial charge in [0.15, 0.2) is 0 Å². The fraction of sp³-hybridized carbons (Fsp3) is 0.235. The van der Waals surface area contributed by atoms with Crippen LogP contribution in [-0.2, 0) is 21.2 Å². The Hall–Kier alpha value is -1.92. The van der Waals surface area contributed by atoms with E-state index in [-0.39, 0.29) is 18.2 Å². The van der Waals surface area contributed by atoms with E-state index in [1.54, 1.807) is 11.3 Å². The molecular weight excluding hydrogens is 330 g/mol. The van der Waals surface area contributed by atoms with Crippen LogP contribution in [0.4, 0.5) is 0 Å². The summed E-state index contributed by atoms with van der Waals surface area (Å²) in [5, 5.41) is 4.10. The van der Waals surface area contributed by atoms with E-state index < -0.39 is 9.84 Å². The molecule has 2 rings (SSSR count). The average Bonchev–Trinajstić information content (AvgIpc) is 3.04. The van der Waals surface area contributed by atoms with Crippen LogP contribution in [0.5, 0.6) is 0 Å². The van der Waals surface area contributed by atoms with Gasteiger partial charge in [0.05, 0.1) is 5.75 Å². The quantitative estimate of drug-likeness (QED) is 0.722. The number of thiophene rings is 1. The van der Waals surface area contributed by atoms with E-state index >= 15 is 0 Å². The van der Waals surface area contributed by atoms with Crippen LogP contribution in [0.2, 0.25) is 0 Å². The number of amides is 1. The molecule has 122 valence electrons. The van der Waals surface area contributed by atoms with Crippen molar-refractivity contribution in [1.29, 1.82) is 0 Å². The molecular formula is C17H19NO3S2. The lowest BCUT2D eigenvalue weighted by molar-refractivity contribution is -0.126. The first kappa shape index (κ1) is 17.4. The molecule has 4 nitrogen and oxygen atoms in total. The normalized spacial score (nSPS) is 11.2. The van der Waals surface area contributed by atoms with Crippen LogP contribution in [0.3, 0.4) is 0 Å². The van der Waals surface area contributed by atoms with Crippen molar-refractivity contribution in [3.8, 4) is 11.1 Å². The highest BCUT2D eigenvalue weighted by atomic mass is 32.2. The van der Waals surface area contributed by atoms with Crippen molar-refractivity contribution in [3.05, 3.63) is 59.3 Å². The Bertz CT molecular complexity index is 763. The number of hydrogen-bond acceptors (Lipinski definition) is 4. The second kappa shape index (κ2) is 7.57. The third-order valence-corrected chi connectivity index (χ3v) is 5.01. The zero-order valence-corrected chi connectivity index (χ0v) is 14.6. The van der Waals surface area contributed by atoms with Crippen LogP contribution in [0.15, 0.2) is 53.7 Å². The summed E-state index contributed by atoms with van der Waals surface area (Å²) in [6.45, 7) is 4.00. The Labute approximate surface area is 141 Å². The Kier molecular flexibility index (Phi) is 5.74. The highest BCUT2D eigenvalue weighted by molar-refractivity contribution is 7.90. The molecule has 23 heavy (non-hydrogen) atoms. The van der Waals surface area contributed by atoms with E-state index in [4.69, 9.17) is 0 Å². The van der Waals surface area contributed by atoms with Gasteiger partial charge >= 0.3 is 0 Å². The summed E-state index contributed by atoms with van der Waals surface area (Å²) in [6.07, 6.45) is 2.38. The summed E-state index contributed by atoms with van der Waals surface area (Å²) in [4.78, 5) is 13.4. The molecule has 0 saturated carbocycles. The minimum Gasteiger partial charge on any atom is -0.334 e. The maximum atomic E-state index is 11.9. The molecule has 6 heteroatoms. The van der Waals surface area contributed by atoms with E-state index in [0.717, 1.165) is 16.7 Å². The van der Waals surface area contributed by atoms with Crippen LogP contribution < -0.4 is 0 Å². The largest absolute Gasteiger partial charge is 0.334 e. The van der Waals surface area contributed by atoms with Gasteiger partial charge in [-0.2, -0.15) is 11.3 Å². The third-order valence-electron chi connectivity index (χ3n) is 3.40. The molecule has 0 saturated heterocycles. The van der Waals surface area contributed by atoms with Crippen molar-refractivity contribution in [3.63, 3.8) is 0 Å². The lowest BCUT2D eigenvalue weighted by atomic mass is 10.1. The number of nitrogens with zero attached hydrogens (tertiary/aromatic N) is 1. The first-order valence-corrected chi connectivity index (χ1v) is 10.1. The molecule has 2 aromatic rings. The zero-order chi connectivity index (χ0) is 16.9. The standard InChI is InChI=1S/C17H19NO3S2/c1-3-17(19)18(9-11-23(2,20)21)12-14-4-6-15(7-5-14)16-8-10-22-13-16/h3-8,10,13H,1,9,11-12H2,2H3. The molecule has 0 N–H and O–H groups in total. The van der Waals surface area contributed by atoms with Gasteiger partial charge in [0.25, 0.3) is 0 Å². The van der Waals surface area contributed by atoms with Gasteiger partial charge in [0, 0.05) is 19.3 Å². The van der Waals surface area contributed by atoms with Gasteiger partial charge in [-0.15, -0.1) is 0 Å². The fourth-order valence-corrected chi connectivity index (χ4v) is 3.34. The van der Waals surface area contributed by atoms with Crippen LogP contribution in [0.25, 0.3) is 11.1 Å². The third kappa shape index (κ3) is 5.33. The molecule has 0 radical (unpaired) electrons. The topological polar surface area (TPSA) is 54.5 Å². The van der Waals surface area contributed by atoms with Gasteiger partial charge in [0.2, 0.25) is 5.91 Å². The molecule has 0 unspecified atom stereocenters.